The number of hydrogen-bond acceptors (Lipinski definition) is 7. The van der Waals surface area contributed by atoms with Crippen molar-refractivity contribution >= 4 is 26.7 Å². The van der Waals surface area contributed by atoms with Gasteiger partial charge in [0, 0.05) is 45.5 Å². The fraction of sp³-hybridized carbons (Fsp3) is 0.619. The second kappa shape index (κ2) is 9.66. The maximum absolute atomic E-state index is 6.00. The first-order chi connectivity index (χ1) is 13.8. The second-order valence-electron chi connectivity index (χ2n) is 7.40. The van der Waals surface area contributed by atoms with Gasteiger partial charge in [0.2, 0.25) is 0 Å². The van der Waals surface area contributed by atoms with Crippen LogP contribution in [0.3, 0.4) is 0 Å². The number of fused-ring (bicyclic) bond motifs is 1. The number of thiazole rings is 1. The van der Waals surface area contributed by atoms with Crippen molar-refractivity contribution in [3.8, 4) is 11.8 Å². The van der Waals surface area contributed by atoms with Gasteiger partial charge in [-0.05, 0) is 25.5 Å². The Labute approximate surface area is 171 Å². The first-order valence-electron chi connectivity index (χ1n) is 10.3. The van der Waals surface area contributed by atoms with Crippen molar-refractivity contribution in [2.45, 2.75) is 25.9 Å². The summed E-state index contributed by atoms with van der Waals surface area (Å²) < 4.78 is 7.20. The van der Waals surface area contributed by atoms with Crippen molar-refractivity contribution in [1.29, 1.82) is 0 Å². The van der Waals surface area contributed by atoms with E-state index < -0.39 is 0 Å². The zero-order chi connectivity index (χ0) is 19.2. The van der Waals surface area contributed by atoms with E-state index in [4.69, 9.17) is 9.72 Å². The number of hydrogen-bond donors (Lipinski definition) is 0. The molecule has 0 radical (unpaired) electrons. The van der Waals surface area contributed by atoms with Crippen LogP contribution in [0.4, 0.5) is 5.13 Å². The average Bonchev–Trinajstić information content (AvgIpc) is 3.19. The molecule has 0 bridgehead atoms. The number of aromatic nitrogens is 2. The van der Waals surface area contributed by atoms with E-state index in [2.05, 4.69) is 38.4 Å². The van der Waals surface area contributed by atoms with Crippen molar-refractivity contribution in [3.05, 3.63) is 18.5 Å². The van der Waals surface area contributed by atoms with Gasteiger partial charge in [-0.25, -0.2) is 4.98 Å². The van der Waals surface area contributed by atoms with E-state index in [9.17, 15) is 0 Å². The van der Waals surface area contributed by atoms with Crippen LogP contribution in [0.25, 0.3) is 10.2 Å². The van der Waals surface area contributed by atoms with Gasteiger partial charge in [0.15, 0.2) is 5.13 Å². The van der Waals surface area contributed by atoms with Gasteiger partial charge >= 0.3 is 0 Å². The predicted octanol–water partition coefficient (Wildman–Crippen LogP) is 2.32. The largest absolute Gasteiger partial charge is 0.365 e. The van der Waals surface area contributed by atoms with Gasteiger partial charge < -0.3 is 14.5 Å². The normalized spacial score (nSPS) is 19.7. The van der Waals surface area contributed by atoms with E-state index in [0.29, 0.717) is 12.7 Å². The predicted molar refractivity (Wildman–Crippen MR) is 115 cm³/mol. The van der Waals surface area contributed by atoms with Gasteiger partial charge in [-0.3, -0.25) is 9.88 Å². The molecule has 2 saturated heterocycles. The first kappa shape index (κ1) is 19.6. The van der Waals surface area contributed by atoms with E-state index >= 15 is 0 Å². The summed E-state index contributed by atoms with van der Waals surface area (Å²) in [6, 6.07) is 2.04. The smallest absolute Gasteiger partial charge is 0.186 e. The van der Waals surface area contributed by atoms with Crippen LogP contribution in [0.5, 0.6) is 0 Å². The van der Waals surface area contributed by atoms with Crippen molar-refractivity contribution < 1.29 is 4.74 Å². The molecule has 0 N–H and O–H groups in total. The maximum atomic E-state index is 6.00. The Morgan fingerprint density at radius 2 is 1.89 bits per heavy atom. The Bertz CT molecular complexity index is 780. The molecule has 2 aliphatic rings. The lowest BCUT2D eigenvalue weighted by molar-refractivity contribution is 0.0594. The molecule has 2 aromatic rings. The molecule has 0 aliphatic carbocycles. The van der Waals surface area contributed by atoms with Gasteiger partial charge in [0.1, 0.15) is 12.1 Å². The Morgan fingerprint density at radius 1 is 1.11 bits per heavy atom. The minimum Gasteiger partial charge on any atom is -0.365 e. The van der Waals surface area contributed by atoms with E-state index in [1.54, 1.807) is 11.3 Å². The second-order valence-corrected chi connectivity index (χ2v) is 8.41. The molecule has 150 valence electrons. The molecule has 0 unspecified atom stereocenters. The molecule has 2 aromatic heterocycles. The molecular formula is C21H29N5OS. The molecule has 4 heterocycles. The lowest BCUT2D eigenvalue weighted by atomic mass is 10.1. The van der Waals surface area contributed by atoms with Crippen LogP contribution >= 0.6 is 11.3 Å². The van der Waals surface area contributed by atoms with Gasteiger partial charge in [-0.15, -0.1) is 0 Å². The lowest BCUT2D eigenvalue weighted by Crippen LogP contribution is -2.46. The van der Waals surface area contributed by atoms with Gasteiger partial charge in [-0.1, -0.05) is 30.1 Å². The third kappa shape index (κ3) is 5.00. The molecule has 0 aromatic carbocycles. The number of nitrogens with zero attached hydrogens (tertiary/aromatic N) is 5. The molecule has 2 aliphatic heterocycles. The van der Waals surface area contributed by atoms with Crippen LogP contribution in [0.2, 0.25) is 0 Å². The molecule has 7 heteroatoms. The van der Waals surface area contributed by atoms with Crippen LogP contribution < -0.4 is 4.90 Å². The molecule has 2 fully saturated rings. The summed E-state index contributed by atoms with van der Waals surface area (Å²) in [5, 5.41) is 1.10. The Kier molecular flexibility index (Phi) is 6.76. The van der Waals surface area contributed by atoms with Crippen molar-refractivity contribution in [2.75, 3.05) is 63.9 Å². The minimum absolute atomic E-state index is 0.315. The SMILES string of the molecule is CCN1CCN(CC#CCOC2CCN(c3nc4cnccc4s3)CC2)CC1. The number of anilines is 1. The molecule has 0 amide bonds. The van der Waals surface area contributed by atoms with Crippen LogP contribution in [0.1, 0.15) is 19.8 Å². The van der Waals surface area contributed by atoms with E-state index in [-0.39, 0.29) is 0 Å². The quantitative estimate of drug-likeness (QED) is 0.719. The third-order valence-electron chi connectivity index (χ3n) is 5.62. The summed E-state index contributed by atoms with van der Waals surface area (Å²) in [6.45, 7) is 11.4. The summed E-state index contributed by atoms with van der Waals surface area (Å²) in [5.74, 6) is 6.49. The molecule has 4 rings (SSSR count). The standard InChI is InChI=1S/C21H29N5OS/c1-2-24-12-14-25(15-13-24)9-3-4-16-27-18-6-10-26(11-7-18)21-23-19-17-22-8-5-20(19)28-21/h5,8,17-18H,2,6-7,9-16H2,1H3. The zero-order valence-corrected chi connectivity index (χ0v) is 17.5. The van der Waals surface area contributed by atoms with Crippen molar-refractivity contribution in [2.24, 2.45) is 0 Å². The van der Waals surface area contributed by atoms with Crippen LogP contribution in [-0.2, 0) is 4.74 Å². The maximum Gasteiger partial charge on any atom is 0.186 e. The highest BCUT2D eigenvalue weighted by Crippen LogP contribution is 2.30. The van der Waals surface area contributed by atoms with Crippen molar-refractivity contribution in [3.63, 3.8) is 0 Å². The topological polar surface area (TPSA) is 44.7 Å². The highest BCUT2D eigenvalue weighted by molar-refractivity contribution is 7.22. The molecule has 28 heavy (non-hydrogen) atoms. The molecule has 0 saturated carbocycles. The van der Waals surface area contributed by atoms with Gasteiger partial charge in [0.25, 0.3) is 0 Å². The molecule has 0 spiro atoms. The fourth-order valence-corrected chi connectivity index (χ4v) is 4.74. The van der Waals surface area contributed by atoms with E-state index in [0.717, 1.165) is 62.8 Å². The number of piperazine rings is 1. The van der Waals surface area contributed by atoms with Crippen LogP contribution in [0.15, 0.2) is 18.5 Å². The number of ether oxygens (including phenoxy) is 1. The highest BCUT2D eigenvalue weighted by Gasteiger charge is 2.22. The number of rotatable bonds is 5. The number of pyridine rings is 1. The number of piperidine rings is 1. The third-order valence-corrected chi connectivity index (χ3v) is 6.72. The first-order valence-corrected chi connectivity index (χ1v) is 11.1. The lowest BCUT2D eigenvalue weighted by Gasteiger charge is -2.32. The van der Waals surface area contributed by atoms with E-state index in [1.165, 1.54) is 17.8 Å². The Balaban J connectivity index is 1.15. The average molecular weight is 400 g/mol. The highest BCUT2D eigenvalue weighted by atomic mass is 32.1. The fourth-order valence-electron chi connectivity index (χ4n) is 3.76. The monoisotopic (exact) mass is 399 g/mol. The summed E-state index contributed by atoms with van der Waals surface area (Å²) in [7, 11) is 0. The summed E-state index contributed by atoms with van der Waals surface area (Å²) in [4.78, 5) is 16.2. The van der Waals surface area contributed by atoms with Crippen LogP contribution in [-0.4, -0.2) is 84.8 Å². The summed E-state index contributed by atoms with van der Waals surface area (Å²) in [5.41, 5.74) is 0.993. The van der Waals surface area contributed by atoms with Crippen molar-refractivity contribution in [1.82, 2.24) is 19.8 Å². The Hall–Kier alpha value is -1.72. The minimum atomic E-state index is 0.315. The molecule has 6 nitrogen and oxygen atoms in total. The van der Waals surface area contributed by atoms with E-state index in [1.807, 2.05) is 18.5 Å². The van der Waals surface area contributed by atoms with Gasteiger partial charge in [-0.2, -0.15) is 0 Å². The summed E-state index contributed by atoms with van der Waals surface area (Å²) in [6.07, 6.45) is 6.06. The summed E-state index contributed by atoms with van der Waals surface area (Å²) >= 11 is 1.75. The Morgan fingerprint density at radius 3 is 2.64 bits per heavy atom. The molecule has 0 atom stereocenters. The molecular weight excluding hydrogens is 370 g/mol. The zero-order valence-electron chi connectivity index (χ0n) is 16.6. The van der Waals surface area contributed by atoms with Gasteiger partial charge in [0.05, 0.1) is 23.5 Å². The number of likely N-dealkylation sites (N-methyl/N-ethyl adjacent to an activating group) is 1. The van der Waals surface area contributed by atoms with Crippen LogP contribution in [0, 0.1) is 11.8 Å².